The molecule has 5 nitrogen and oxygen atoms in total. The molecule has 6 heteroatoms. The van der Waals surface area contributed by atoms with Crippen molar-refractivity contribution in [1.29, 1.82) is 0 Å². The number of piperidine rings is 1. The minimum atomic E-state index is -3.51. The van der Waals surface area contributed by atoms with E-state index in [0.29, 0.717) is 5.69 Å². The molecule has 0 aliphatic carbocycles. The van der Waals surface area contributed by atoms with Gasteiger partial charge in [-0.15, -0.1) is 0 Å². The Labute approximate surface area is 127 Å². The summed E-state index contributed by atoms with van der Waals surface area (Å²) >= 11 is 0. The van der Waals surface area contributed by atoms with Crippen LogP contribution in [0, 0.1) is 6.92 Å². The van der Waals surface area contributed by atoms with Crippen LogP contribution >= 0.6 is 0 Å². The highest BCUT2D eigenvalue weighted by molar-refractivity contribution is 7.89. The molecule has 21 heavy (non-hydrogen) atoms. The molecule has 1 heterocycles. The molecule has 0 radical (unpaired) electrons. The van der Waals surface area contributed by atoms with Gasteiger partial charge in [-0.3, -0.25) is 0 Å². The first-order valence-corrected chi connectivity index (χ1v) is 8.97. The highest BCUT2D eigenvalue weighted by atomic mass is 32.2. The van der Waals surface area contributed by atoms with Gasteiger partial charge in [0.25, 0.3) is 0 Å². The second kappa shape index (κ2) is 6.77. The van der Waals surface area contributed by atoms with Crippen molar-refractivity contribution in [1.82, 2.24) is 9.62 Å². The molecule has 0 spiro atoms. The Morgan fingerprint density at radius 3 is 2.52 bits per heavy atom. The van der Waals surface area contributed by atoms with Gasteiger partial charge in [0, 0.05) is 18.3 Å². The van der Waals surface area contributed by atoms with Gasteiger partial charge in [-0.05, 0) is 63.5 Å². The van der Waals surface area contributed by atoms with Gasteiger partial charge in [-0.2, -0.15) is 0 Å². The van der Waals surface area contributed by atoms with E-state index in [0.717, 1.165) is 25.2 Å². The molecular formula is C15H25N3O2S. The molecule has 1 saturated heterocycles. The number of nitrogens with zero attached hydrogens (tertiary/aromatic N) is 1. The first-order chi connectivity index (χ1) is 9.87. The van der Waals surface area contributed by atoms with E-state index in [1.54, 1.807) is 12.1 Å². The maximum absolute atomic E-state index is 12.4. The summed E-state index contributed by atoms with van der Waals surface area (Å²) in [5.41, 5.74) is 7.05. The average molecular weight is 311 g/mol. The summed E-state index contributed by atoms with van der Waals surface area (Å²) in [5.74, 6) is 0. The number of nitrogen functional groups attached to an aromatic ring is 1. The van der Waals surface area contributed by atoms with E-state index in [2.05, 4.69) is 9.62 Å². The highest BCUT2D eigenvalue weighted by Gasteiger charge is 2.20. The first-order valence-electron chi connectivity index (χ1n) is 7.49. The van der Waals surface area contributed by atoms with Crippen molar-refractivity contribution in [2.75, 3.05) is 25.4 Å². The molecule has 0 aromatic heterocycles. The van der Waals surface area contributed by atoms with Crippen molar-refractivity contribution in [2.24, 2.45) is 0 Å². The summed E-state index contributed by atoms with van der Waals surface area (Å²) in [6, 6.07) is 4.79. The molecule has 1 atom stereocenters. The fourth-order valence-electron chi connectivity index (χ4n) is 2.83. The first kappa shape index (κ1) is 16.3. The summed E-state index contributed by atoms with van der Waals surface area (Å²) in [6.07, 6.45) is 3.68. The Morgan fingerprint density at radius 2 is 1.90 bits per heavy atom. The van der Waals surface area contributed by atoms with Gasteiger partial charge in [-0.1, -0.05) is 6.42 Å². The third kappa shape index (κ3) is 4.69. The van der Waals surface area contributed by atoms with E-state index in [-0.39, 0.29) is 10.9 Å². The zero-order valence-electron chi connectivity index (χ0n) is 12.8. The molecule has 2 rings (SSSR count). The number of anilines is 1. The van der Waals surface area contributed by atoms with Crippen molar-refractivity contribution in [2.45, 2.75) is 44.0 Å². The SMILES string of the molecule is Cc1cc(N)cc(S(=O)(=O)NC(C)CN2CCCCC2)c1. The van der Waals surface area contributed by atoms with Gasteiger partial charge in [0.05, 0.1) is 4.90 Å². The lowest BCUT2D eigenvalue weighted by Crippen LogP contribution is -2.43. The van der Waals surface area contributed by atoms with E-state index < -0.39 is 10.0 Å². The standard InChI is InChI=1S/C15H25N3O2S/c1-12-8-14(16)10-15(9-12)21(19,20)17-13(2)11-18-6-4-3-5-7-18/h8-10,13,17H,3-7,11,16H2,1-2H3. The van der Waals surface area contributed by atoms with Crippen LogP contribution in [0.25, 0.3) is 0 Å². The zero-order valence-corrected chi connectivity index (χ0v) is 13.6. The zero-order chi connectivity index (χ0) is 15.5. The monoisotopic (exact) mass is 311 g/mol. The average Bonchev–Trinajstić information content (AvgIpc) is 2.37. The van der Waals surface area contributed by atoms with E-state index in [9.17, 15) is 8.42 Å². The van der Waals surface area contributed by atoms with Crippen LogP contribution in [-0.4, -0.2) is 39.0 Å². The lowest BCUT2D eigenvalue weighted by Gasteiger charge is -2.29. The molecule has 0 bridgehead atoms. The van der Waals surface area contributed by atoms with Crippen molar-refractivity contribution in [3.63, 3.8) is 0 Å². The summed E-state index contributed by atoms with van der Waals surface area (Å²) in [7, 11) is -3.51. The Balaban J connectivity index is 2.02. The minimum Gasteiger partial charge on any atom is -0.399 e. The van der Waals surface area contributed by atoms with Gasteiger partial charge in [0.15, 0.2) is 0 Å². The normalized spacial score (nSPS) is 18.6. The van der Waals surface area contributed by atoms with Crippen molar-refractivity contribution in [3.8, 4) is 0 Å². The molecule has 0 saturated carbocycles. The van der Waals surface area contributed by atoms with Crippen LogP contribution in [0.1, 0.15) is 31.7 Å². The molecule has 1 aromatic rings. The van der Waals surface area contributed by atoms with Gasteiger partial charge in [0.2, 0.25) is 10.0 Å². The number of rotatable bonds is 5. The van der Waals surface area contributed by atoms with E-state index in [1.807, 2.05) is 13.8 Å². The quantitative estimate of drug-likeness (QED) is 0.812. The Hall–Kier alpha value is -1.11. The number of benzene rings is 1. The smallest absolute Gasteiger partial charge is 0.240 e. The van der Waals surface area contributed by atoms with Crippen LogP contribution in [0.2, 0.25) is 0 Å². The Kier molecular flexibility index (Phi) is 5.24. The summed E-state index contributed by atoms with van der Waals surface area (Å²) < 4.78 is 27.6. The molecule has 1 aliphatic heterocycles. The number of nitrogens with two attached hydrogens (primary N) is 1. The lowest BCUT2D eigenvalue weighted by atomic mass is 10.1. The van der Waals surface area contributed by atoms with Crippen LogP contribution < -0.4 is 10.5 Å². The Bertz CT molecular complexity index is 560. The lowest BCUT2D eigenvalue weighted by molar-refractivity contribution is 0.215. The maximum atomic E-state index is 12.4. The van der Waals surface area contributed by atoms with Crippen molar-refractivity contribution < 1.29 is 8.42 Å². The van der Waals surface area contributed by atoms with Gasteiger partial charge in [0.1, 0.15) is 0 Å². The predicted octanol–water partition coefficient (Wildman–Crippen LogP) is 1.73. The molecule has 3 N–H and O–H groups in total. The van der Waals surface area contributed by atoms with Crippen LogP contribution in [0.15, 0.2) is 23.1 Å². The molecule has 1 fully saturated rings. The topological polar surface area (TPSA) is 75.4 Å². The van der Waals surface area contributed by atoms with Crippen molar-refractivity contribution >= 4 is 15.7 Å². The van der Waals surface area contributed by atoms with E-state index in [1.165, 1.54) is 25.3 Å². The third-order valence-electron chi connectivity index (χ3n) is 3.72. The Morgan fingerprint density at radius 1 is 1.24 bits per heavy atom. The largest absolute Gasteiger partial charge is 0.399 e. The minimum absolute atomic E-state index is 0.116. The fourth-order valence-corrected chi connectivity index (χ4v) is 4.20. The van der Waals surface area contributed by atoms with Gasteiger partial charge >= 0.3 is 0 Å². The van der Waals surface area contributed by atoms with Crippen LogP contribution in [0.4, 0.5) is 5.69 Å². The van der Waals surface area contributed by atoms with E-state index >= 15 is 0 Å². The highest BCUT2D eigenvalue weighted by Crippen LogP contribution is 2.17. The second-order valence-corrected chi connectivity index (χ2v) is 7.68. The third-order valence-corrected chi connectivity index (χ3v) is 5.29. The molecule has 118 valence electrons. The molecule has 1 aliphatic rings. The predicted molar refractivity (Wildman–Crippen MR) is 85.7 cm³/mol. The van der Waals surface area contributed by atoms with Crippen molar-refractivity contribution in [3.05, 3.63) is 23.8 Å². The molecule has 0 amide bonds. The fraction of sp³-hybridized carbons (Fsp3) is 0.600. The number of sulfonamides is 1. The summed E-state index contributed by atoms with van der Waals surface area (Å²) in [4.78, 5) is 2.56. The number of aryl methyl sites for hydroxylation is 1. The van der Waals surface area contributed by atoms with Crippen LogP contribution in [-0.2, 0) is 10.0 Å². The number of hydrogen-bond acceptors (Lipinski definition) is 4. The number of nitrogens with one attached hydrogen (secondary N) is 1. The molecular weight excluding hydrogens is 286 g/mol. The molecule has 1 unspecified atom stereocenters. The maximum Gasteiger partial charge on any atom is 0.240 e. The van der Waals surface area contributed by atoms with Gasteiger partial charge < -0.3 is 10.6 Å². The van der Waals surface area contributed by atoms with Crippen LogP contribution in [0.3, 0.4) is 0 Å². The van der Waals surface area contributed by atoms with Crippen LogP contribution in [0.5, 0.6) is 0 Å². The second-order valence-electron chi connectivity index (χ2n) is 5.96. The summed E-state index contributed by atoms with van der Waals surface area (Å²) in [5, 5.41) is 0. The summed E-state index contributed by atoms with van der Waals surface area (Å²) in [6.45, 7) is 6.62. The van der Waals surface area contributed by atoms with Gasteiger partial charge in [-0.25, -0.2) is 13.1 Å². The number of likely N-dealkylation sites (tertiary alicyclic amines) is 1. The van der Waals surface area contributed by atoms with E-state index in [4.69, 9.17) is 5.73 Å². The molecule has 1 aromatic carbocycles. The number of hydrogen-bond donors (Lipinski definition) is 2.